The van der Waals surface area contributed by atoms with Crippen molar-refractivity contribution < 1.29 is 17.6 Å². The molecule has 28 heavy (non-hydrogen) atoms. The Bertz CT molecular complexity index is 1100. The van der Waals surface area contributed by atoms with E-state index in [4.69, 9.17) is 0 Å². The van der Waals surface area contributed by atoms with Gasteiger partial charge in [-0.25, -0.2) is 12.8 Å². The van der Waals surface area contributed by atoms with Crippen molar-refractivity contribution in [1.29, 1.82) is 0 Å². The molecule has 5 nitrogen and oxygen atoms in total. The molecule has 144 valence electrons. The van der Waals surface area contributed by atoms with Gasteiger partial charge in [0.15, 0.2) is 0 Å². The first kappa shape index (κ1) is 19.6. The number of anilines is 1. The Labute approximate surface area is 163 Å². The number of carbonyl (C=O) groups excluding carboxylic acids is 1. The van der Waals surface area contributed by atoms with Gasteiger partial charge in [0.2, 0.25) is 0 Å². The predicted molar refractivity (Wildman–Crippen MR) is 106 cm³/mol. The highest BCUT2D eigenvalue weighted by atomic mass is 32.2. The number of sulfonamides is 1. The number of aryl methyl sites for hydroxylation is 1. The van der Waals surface area contributed by atoms with Crippen LogP contribution >= 0.6 is 0 Å². The Morgan fingerprint density at radius 3 is 2.39 bits per heavy atom. The summed E-state index contributed by atoms with van der Waals surface area (Å²) in [6.07, 6.45) is 0. The summed E-state index contributed by atoms with van der Waals surface area (Å²) in [4.78, 5) is 12.5. The van der Waals surface area contributed by atoms with E-state index in [1.54, 1.807) is 48.5 Å². The number of hydrogen-bond donors (Lipinski definition) is 2. The smallest absolute Gasteiger partial charge is 0.261 e. The fraction of sp³-hybridized carbons (Fsp3) is 0.0952. The van der Waals surface area contributed by atoms with Crippen LogP contribution in [-0.2, 0) is 16.6 Å². The van der Waals surface area contributed by atoms with E-state index in [1.165, 1.54) is 24.3 Å². The maximum absolute atomic E-state index is 13.7. The van der Waals surface area contributed by atoms with Crippen molar-refractivity contribution in [3.63, 3.8) is 0 Å². The highest BCUT2D eigenvalue weighted by Crippen LogP contribution is 2.18. The summed E-state index contributed by atoms with van der Waals surface area (Å²) in [5.41, 5.74) is 1.85. The van der Waals surface area contributed by atoms with Crippen LogP contribution in [0.4, 0.5) is 10.1 Å². The lowest BCUT2D eigenvalue weighted by Crippen LogP contribution is -2.23. The van der Waals surface area contributed by atoms with Crippen LogP contribution in [0.2, 0.25) is 0 Å². The molecule has 1 amide bonds. The largest absolute Gasteiger partial charge is 0.348 e. The van der Waals surface area contributed by atoms with Crippen LogP contribution in [0.5, 0.6) is 0 Å². The van der Waals surface area contributed by atoms with Gasteiger partial charge in [0.25, 0.3) is 15.9 Å². The molecule has 0 aromatic heterocycles. The molecule has 3 aromatic rings. The van der Waals surface area contributed by atoms with E-state index in [0.717, 1.165) is 5.56 Å². The molecular weight excluding hydrogens is 379 g/mol. The molecule has 0 fully saturated rings. The molecule has 0 aliphatic heterocycles. The van der Waals surface area contributed by atoms with E-state index < -0.39 is 21.7 Å². The van der Waals surface area contributed by atoms with Crippen molar-refractivity contribution in [3.05, 3.63) is 95.3 Å². The van der Waals surface area contributed by atoms with Crippen molar-refractivity contribution >= 4 is 21.6 Å². The van der Waals surface area contributed by atoms with Crippen LogP contribution in [-0.4, -0.2) is 14.3 Å². The Kier molecular flexibility index (Phi) is 5.75. The van der Waals surface area contributed by atoms with Gasteiger partial charge in [-0.15, -0.1) is 0 Å². The summed E-state index contributed by atoms with van der Waals surface area (Å²) in [6.45, 7) is 1.90. The zero-order chi connectivity index (χ0) is 20.1. The Morgan fingerprint density at radius 2 is 1.68 bits per heavy atom. The zero-order valence-electron chi connectivity index (χ0n) is 15.1. The van der Waals surface area contributed by atoms with Crippen molar-refractivity contribution in [2.45, 2.75) is 18.4 Å². The van der Waals surface area contributed by atoms with E-state index in [0.29, 0.717) is 5.56 Å². The predicted octanol–water partition coefficient (Wildman–Crippen LogP) is 3.86. The Hall–Kier alpha value is -3.19. The van der Waals surface area contributed by atoms with Crippen molar-refractivity contribution in [2.24, 2.45) is 0 Å². The number of nitrogens with one attached hydrogen (secondary N) is 2. The van der Waals surface area contributed by atoms with Gasteiger partial charge in [-0.1, -0.05) is 42.0 Å². The minimum atomic E-state index is -3.76. The normalized spacial score (nSPS) is 11.1. The highest BCUT2D eigenvalue weighted by Gasteiger charge is 2.15. The molecule has 3 rings (SSSR count). The van der Waals surface area contributed by atoms with Crippen molar-refractivity contribution in [2.75, 3.05) is 4.72 Å². The third-order valence-electron chi connectivity index (χ3n) is 4.11. The van der Waals surface area contributed by atoms with Crippen LogP contribution < -0.4 is 10.0 Å². The van der Waals surface area contributed by atoms with Crippen molar-refractivity contribution in [1.82, 2.24) is 5.32 Å². The second kappa shape index (κ2) is 8.22. The second-order valence-corrected chi connectivity index (χ2v) is 7.96. The van der Waals surface area contributed by atoms with E-state index in [2.05, 4.69) is 10.0 Å². The average Bonchev–Trinajstić information content (AvgIpc) is 2.67. The molecule has 0 heterocycles. The first-order valence-corrected chi connectivity index (χ1v) is 10.0. The zero-order valence-corrected chi connectivity index (χ0v) is 16.0. The van der Waals surface area contributed by atoms with E-state index in [-0.39, 0.29) is 22.7 Å². The van der Waals surface area contributed by atoms with E-state index in [1.807, 2.05) is 6.92 Å². The van der Waals surface area contributed by atoms with Crippen LogP contribution in [0, 0.1) is 12.7 Å². The number of benzene rings is 3. The minimum absolute atomic E-state index is 0.0326. The van der Waals surface area contributed by atoms with Gasteiger partial charge in [-0.2, -0.15) is 0 Å². The SMILES string of the molecule is Cc1ccc(S(=O)(=O)Nc2cccc(C(=O)NCc3ccccc3F)c2)cc1. The fourth-order valence-electron chi connectivity index (χ4n) is 2.57. The van der Waals surface area contributed by atoms with Crippen LogP contribution in [0.3, 0.4) is 0 Å². The average molecular weight is 398 g/mol. The molecule has 0 saturated carbocycles. The standard InChI is InChI=1S/C21H19FN2O3S/c1-15-9-11-19(12-10-15)28(26,27)24-18-7-4-6-16(13-18)21(25)23-14-17-5-2-3-8-20(17)22/h2-13,24H,14H2,1H3,(H,23,25). The summed E-state index contributed by atoms with van der Waals surface area (Å²) in [5.74, 6) is -0.831. The lowest BCUT2D eigenvalue weighted by molar-refractivity contribution is 0.0950. The van der Waals surface area contributed by atoms with Gasteiger partial charge >= 0.3 is 0 Å². The van der Waals surface area contributed by atoms with Crippen LogP contribution in [0.15, 0.2) is 77.7 Å². The number of rotatable bonds is 6. The molecule has 0 aliphatic rings. The molecule has 3 aromatic carbocycles. The van der Waals surface area contributed by atoms with E-state index >= 15 is 0 Å². The first-order valence-electron chi connectivity index (χ1n) is 8.56. The van der Waals surface area contributed by atoms with Gasteiger partial charge < -0.3 is 5.32 Å². The third kappa shape index (κ3) is 4.75. The summed E-state index contributed by atoms with van der Waals surface area (Å²) >= 11 is 0. The maximum atomic E-state index is 13.7. The molecular formula is C21H19FN2O3S. The molecule has 0 unspecified atom stereocenters. The Balaban J connectivity index is 1.72. The quantitative estimate of drug-likeness (QED) is 0.662. The summed E-state index contributed by atoms with van der Waals surface area (Å²) in [5, 5.41) is 2.63. The molecule has 2 N–H and O–H groups in total. The summed E-state index contributed by atoms with van der Waals surface area (Å²) < 4.78 is 41.1. The molecule has 0 radical (unpaired) electrons. The maximum Gasteiger partial charge on any atom is 0.261 e. The molecule has 0 atom stereocenters. The minimum Gasteiger partial charge on any atom is -0.348 e. The number of hydrogen-bond acceptors (Lipinski definition) is 3. The second-order valence-electron chi connectivity index (χ2n) is 6.27. The van der Waals surface area contributed by atoms with Crippen LogP contribution in [0.25, 0.3) is 0 Å². The Morgan fingerprint density at radius 1 is 0.964 bits per heavy atom. The van der Waals surface area contributed by atoms with Gasteiger partial charge in [0.05, 0.1) is 4.90 Å². The van der Waals surface area contributed by atoms with Gasteiger partial charge in [-0.05, 0) is 43.3 Å². The van der Waals surface area contributed by atoms with Crippen LogP contribution in [0.1, 0.15) is 21.5 Å². The monoisotopic (exact) mass is 398 g/mol. The van der Waals surface area contributed by atoms with E-state index in [9.17, 15) is 17.6 Å². The number of halogens is 1. The lowest BCUT2D eigenvalue weighted by Gasteiger charge is -2.10. The summed E-state index contributed by atoms with van der Waals surface area (Å²) in [6, 6.07) is 18.7. The fourth-order valence-corrected chi connectivity index (χ4v) is 3.62. The van der Waals surface area contributed by atoms with Gasteiger partial charge in [0, 0.05) is 23.4 Å². The van der Waals surface area contributed by atoms with Gasteiger partial charge in [0.1, 0.15) is 5.82 Å². The molecule has 0 aliphatic carbocycles. The molecule has 0 spiro atoms. The first-order chi connectivity index (χ1) is 13.3. The topological polar surface area (TPSA) is 75.3 Å². The lowest BCUT2D eigenvalue weighted by atomic mass is 10.1. The van der Waals surface area contributed by atoms with Crippen molar-refractivity contribution in [3.8, 4) is 0 Å². The molecule has 7 heteroatoms. The molecule has 0 bridgehead atoms. The molecule has 0 saturated heterocycles. The number of amides is 1. The van der Waals surface area contributed by atoms with Gasteiger partial charge in [-0.3, -0.25) is 9.52 Å². The highest BCUT2D eigenvalue weighted by molar-refractivity contribution is 7.92. The third-order valence-corrected chi connectivity index (χ3v) is 5.50. The number of carbonyl (C=O) groups is 1. The summed E-state index contributed by atoms with van der Waals surface area (Å²) in [7, 11) is -3.76.